The molecule has 0 aliphatic carbocycles. The van der Waals surface area contributed by atoms with Crippen molar-refractivity contribution in [3.8, 4) is 17.1 Å². The van der Waals surface area contributed by atoms with Gasteiger partial charge in [0.1, 0.15) is 0 Å². The molecular weight excluding hydrogens is 404 g/mol. The minimum absolute atomic E-state index is 0.0372. The minimum Gasteiger partial charge on any atom is -0.545 e. The van der Waals surface area contributed by atoms with Crippen LogP contribution in [0.4, 0.5) is 5.69 Å². The number of benzene rings is 2. The number of amides is 1. The molecule has 1 aromatic heterocycles. The van der Waals surface area contributed by atoms with Gasteiger partial charge in [0.15, 0.2) is 5.69 Å². The highest BCUT2D eigenvalue weighted by Crippen LogP contribution is 2.43. The summed E-state index contributed by atoms with van der Waals surface area (Å²) in [6, 6.07) is 13.4. The molecule has 4 rings (SSSR count). The summed E-state index contributed by atoms with van der Waals surface area (Å²) in [4.78, 5) is 30.1. The number of ether oxygens (including phenoxy) is 1. The predicted octanol–water partition coefficient (Wildman–Crippen LogP) is 2.46. The normalized spacial score (nSPS) is 14.9. The first-order chi connectivity index (χ1) is 14.5. The van der Waals surface area contributed by atoms with E-state index >= 15 is 0 Å². The SMILES string of the molecule is CCC(=O)N1c2ccccc2-c2nnc(SC)nc2O[C@H]1c1ccc(C(=O)[O-])cc1. The molecule has 0 radical (unpaired) electrons. The van der Waals surface area contributed by atoms with Crippen molar-refractivity contribution in [3.63, 3.8) is 0 Å². The lowest BCUT2D eigenvalue weighted by Gasteiger charge is -2.30. The second-order valence-corrected chi connectivity index (χ2v) is 7.24. The number of thioether (sulfide) groups is 1. The molecule has 1 amide bonds. The molecule has 152 valence electrons. The summed E-state index contributed by atoms with van der Waals surface area (Å²) in [7, 11) is 0. The number of nitrogens with zero attached hydrogens (tertiary/aromatic N) is 4. The average Bonchev–Trinajstić information content (AvgIpc) is 2.92. The third kappa shape index (κ3) is 3.48. The number of anilines is 1. The number of rotatable bonds is 4. The van der Waals surface area contributed by atoms with Gasteiger partial charge in [-0.25, -0.2) is 0 Å². The maximum atomic E-state index is 13.0. The minimum atomic E-state index is -1.28. The summed E-state index contributed by atoms with van der Waals surface area (Å²) in [5.74, 6) is -1.19. The quantitative estimate of drug-likeness (QED) is 0.591. The topological polar surface area (TPSA) is 108 Å². The lowest BCUT2D eigenvalue weighted by Crippen LogP contribution is -2.37. The van der Waals surface area contributed by atoms with Gasteiger partial charge >= 0.3 is 0 Å². The highest BCUT2D eigenvalue weighted by atomic mass is 32.2. The Bertz CT molecular complexity index is 1120. The number of hydrogen-bond acceptors (Lipinski definition) is 8. The van der Waals surface area contributed by atoms with Crippen LogP contribution in [0, 0.1) is 0 Å². The van der Waals surface area contributed by atoms with Gasteiger partial charge in [-0.15, -0.1) is 10.2 Å². The lowest BCUT2D eigenvalue weighted by molar-refractivity contribution is -0.255. The van der Waals surface area contributed by atoms with Crippen LogP contribution in [0.5, 0.6) is 5.88 Å². The average molecular weight is 421 g/mol. The van der Waals surface area contributed by atoms with Gasteiger partial charge in [0.05, 0.1) is 11.7 Å². The van der Waals surface area contributed by atoms with E-state index in [0.717, 1.165) is 0 Å². The number of fused-ring (bicyclic) bond motifs is 3. The van der Waals surface area contributed by atoms with Crippen LogP contribution in [0.15, 0.2) is 53.7 Å². The molecule has 2 aromatic carbocycles. The number of aromatic carboxylic acids is 1. The number of hydrogen-bond donors (Lipinski definition) is 0. The van der Waals surface area contributed by atoms with Gasteiger partial charge in [-0.3, -0.25) is 9.69 Å². The molecule has 1 aliphatic rings. The van der Waals surface area contributed by atoms with Gasteiger partial charge < -0.3 is 14.6 Å². The summed E-state index contributed by atoms with van der Waals surface area (Å²) in [6.07, 6.45) is 1.22. The number of carboxylic acid groups (broad SMARTS) is 1. The summed E-state index contributed by atoms with van der Waals surface area (Å²) >= 11 is 1.33. The molecule has 8 nitrogen and oxygen atoms in total. The highest BCUT2D eigenvalue weighted by molar-refractivity contribution is 7.98. The molecule has 0 N–H and O–H groups in total. The van der Waals surface area contributed by atoms with Crippen LogP contribution in [-0.2, 0) is 4.79 Å². The third-order valence-electron chi connectivity index (χ3n) is 4.70. The van der Waals surface area contributed by atoms with Crippen LogP contribution in [0.3, 0.4) is 0 Å². The van der Waals surface area contributed by atoms with Crippen molar-refractivity contribution in [2.45, 2.75) is 24.7 Å². The number of aromatic nitrogens is 3. The van der Waals surface area contributed by atoms with Crippen LogP contribution in [0.25, 0.3) is 11.3 Å². The van der Waals surface area contributed by atoms with Gasteiger partial charge in [0, 0.05) is 17.5 Å². The Morgan fingerprint density at radius 3 is 2.53 bits per heavy atom. The van der Waals surface area contributed by atoms with Crippen molar-refractivity contribution in [2.75, 3.05) is 11.2 Å². The van der Waals surface area contributed by atoms with Crippen molar-refractivity contribution in [1.82, 2.24) is 15.2 Å². The fourth-order valence-corrected chi connectivity index (χ4v) is 3.54. The van der Waals surface area contributed by atoms with Crippen LogP contribution >= 0.6 is 11.8 Å². The van der Waals surface area contributed by atoms with E-state index in [1.807, 2.05) is 30.5 Å². The van der Waals surface area contributed by atoms with Gasteiger partial charge in [-0.1, -0.05) is 61.2 Å². The zero-order valence-electron chi connectivity index (χ0n) is 16.2. The van der Waals surface area contributed by atoms with Gasteiger partial charge in [-0.05, 0) is 17.9 Å². The first kappa shape index (κ1) is 19.8. The second-order valence-electron chi connectivity index (χ2n) is 6.47. The van der Waals surface area contributed by atoms with Crippen molar-refractivity contribution in [1.29, 1.82) is 0 Å². The molecule has 0 unspecified atom stereocenters. The Labute approximate surface area is 176 Å². The number of para-hydroxylation sites is 1. The Hall–Kier alpha value is -3.46. The Balaban J connectivity index is 1.93. The van der Waals surface area contributed by atoms with Crippen LogP contribution in [0.2, 0.25) is 0 Å². The second kappa shape index (κ2) is 8.11. The zero-order valence-corrected chi connectivity index (χ0v) is 17.0. The summed E-state index contributed by atoms with van der Waals surface area (Å²) in [6.45, 7) is 1.77. The Morgan fingerprint density at radius 2 is 1.87 bits per heavy atom. The van der Waals surface area contributed by atoms with E-state index in [0.29, 0.717) is 27.7 Å². The molecule has 0 fully saturated rings. The van der Waals surface area contributed by atoms with Crippen molar-refractivity contribution in [2.24, 2.45) is 0 Å². The monoisotopic (exact) mass is 421 g/mol. The van der Waals surface area contributed by atoms with Gasteiger partial charge in [-0.2, -0.15) is 4.98 Å². The molecule has 0 bridgehead atoms. The van der Waals surface area contributed by atoms with E-state index in [4.69, 9.17) is 4.74 Å². The first-order valence-electron chi connectivity index (χ1n) is 9.21. The van der Waals surface area contributed by atoms with Crippen LogP contribution in [0.1, 0.15) is 35.5 Å². The molecule has 3 aromatic rings. The third-order valence-corrected chi connectivity index (χ3v) is 5.24. The molecule has 0 saturated carbocycles. The largest absolute Gasteiger partial charge is 0.545 e. The Morgan fingerprint density at radius 1 is 1.13 bits per heavy atom. The summed E-state index contributed by atoms with van der Waals surface area (Å²) < 4.78 is 6.22. The molecule has 1 atom stereocenters. The standard InChI is InChI=1S/C21H18N4O4S/c1-3-16(26)25-15-7-5-4-6-14(15)17-18(22-21(30-2)24-23-17)29-19(25)12-8-10-13(11-9-12)20(27)28/h4-11,19H,3H2,1-2H3,(H,27,28)/p-1/t19-/m0/s1. The lowest BCUT2D eigenvalue weighted by atomic mass is 10.1. The predicted molar refractivity (Wildman–Crippen MR) is 109 cm³/mol. The number of carbonyl (C=O) groups excluding carboxylic acids is 2. The Kier molecular flexibility index (Phi) is 5.37. The summed E-state index contributed by atoms with van der Waals surface area (Å²) in [5, 5.41) is 20.0. The number of carboxylic acids is 1. The smallest absolute Gasteiger partial charge is 0.247 e. The van der Waals surface area contributed by atoms with Crippen LogP contribution < -0.4 is 14.7 Å². The molecule has 0 spiro atoms. The van der Waals surface area contributed by atoms with E-state index in [1.165, 1.54) is 23.9 Å². The van der Waals surface area contributed by atoms with Gasteiger partial charge in [0.2, 0.25) is 23.2 Å². The van der Waals surface area contributed by atoms with Crippen molar-refractivity contribution >= 4 is 29.3 Å². The van der Waals surface area contributed by atoms with Crippen LogP contribution in [-0.4, -0.2) is 33.3 Å². The first-order valence-corrected chi connectivity index (χ1v) is 10.4. The maximum absolute atomic E-state index is 13.0. The van der Waals surface area contributed by atoms with E-state index < -0.39 is 12.2 Å². The maximum Gasteiger partial charge on any atom is 0.247 e. The zero-order chi connectivity index (χ0) is 21.3. The highest BCUT2D eigenvalue weighted by Gasteiger charge is 2.35. The molecule has 30 heavy (non-hydrogen) atoms. The van der Waals surface area contributed by atoms with E-state index in [-0.39, 0.29) is 23.8 Å². The fourth-order valence-electron chi connectivity index (χ4n) is 3.24. The molecular formula is C21H17N4O4S-. The molecule has 2 heterocycles. The number of carbonyl (C=O) groups is 2. The van der Waals surface area contributed by atoms with E-state index in [9.17, 15) is 14.7 Å². The molecule has 1 aliphatic heterocycles. The van der Waals surface area contributed by atoms with E-state index in [2.05, 4.69) is 15.2 Å². The van der Waals surface area contributed by atoms with Crippen molar-refractivity contribution < 1.29 is 19.4 Å². The molecule has 0 saturated heterocycles. The molecule has 9 heteroatoms. The van der Waals surface area contributed by atoms with E-state index in [1.54, 1.807) is 24.0 Å². The van der Waals surface area contributed by atoms with Gasteiger partial charge in [0.25, 0.3) is 0 Å². The van der Waals surface area contributed by atoms with Crippen molar-refractivity contribution in [3.05, 3.63) is 59.7 Å². The fraction of sp³-hybridized carbons (Fsp3) is 0.190. The summed E-state index contributed by atoms with van der Waals surface area (Å²) in [5.41, 5.74) is 2.36.